The van der Waals surface area contributed by atoms with Gasteiger partial charge in [-0.3, -0.25) is 4.90 Å². The molecule has 0 unspecified atom stereocenters. The molecule has 0 aliphatic carbocycles. The zero-order valence-corrected chi connectivity index (χ0v) is 13.3. The number of halogens is 3. The zero-order valence-electron chi connectivity index (χ0n) is 12.5. The van der Waals surface area contributed by atoms with E-state index in [0.717, 1.165) is 29.0 Å². The van der Waals surface area contributed by atoms with Crippen molar-refractivity contribution in [3.8, 4) is 0 Å². The van der Waals surface area contributed by atoms with Crippen LogP contribution in [0.1, 0.15) is 23.3 Å². The van der Waals surface area contributed by atoms with Gasteiger partial charge in [-0.2, -0.15) is 13.2 Å². The number of thiazole rings is 1. The summed E-state index contributed by atoms with van der Waals surface area (Å²) in [5.41, 5.74) is -0.0775. The van der Waals surface area contributed by atoms with Crippen LogP contribution in [0.4, 0.5) is 13.2 Å². The quantitative estimate of drug-likeness (QED) is 0.847. The van der Waals surface area contributed by atoms with Gasteiger partial charge in [-0.05, 0) is 6.92 Å². The Morgan fingerprint density at radius 1 is 1.39 bits per heavy atom. The van der Waals surface area contributed by atoms with E-state index in [1.165, 1.54) is 4.68 Å². The minimum Gasteiger partial charge on any atom is -0.379 e. The lowest BCUT2D eigenvalue weighted by Crippen LogP contribution is -2.42. The van der Waals surface area contributed by atoms with E-state index in [9.17, 15) is 13.2 Å². The number of ether oxygens (including phenoxy) is 1. The Kier molecular flexibility index (Phi) is 4.64. The highest BCUT2D eigenvalue weighted by molar-refractivity contribution is 7.09. The molecule has 6 nitrogen and oxygen atoms in total. The van der Waals surface area contributed by atoms with Crippen LogP contribution in [0.25, 0.3) is 0 Å². The molecule has 10 heteroatoms. The summed E-state index contributed by atoms with van der Waals surface area (Å²) in [6.45, 7) is 5.13. The minimum absolute atomic E-state index is 0.187. The number of nitrogens with zero attached hydrogens (tertiary/aromatic N) is 5. The van der Waals surface area contributed by atoms with Crippen molar-refractivity contribution < 1.29 is 17.9 Å². The van der Waals surface area contributed by atoms with Crippen molar-refractivity contribution in [3.05, 3.63) is 28.0 Å². The zero-order chi connectivity index (χ0) is 16.4. The molecule has 3 rings (SSSR count). The van der Waals surface area contributed by atoms with E-state index in [-0.39, 0.29) is 6.54 Å². The second kappa shape index (κ2) is 6.54. The molecule has 1 aliphatic rings. The largest absolute Gasteiger partial charge is 0.434 e. The van der Waals surface area contributed by atoms with Crippen molar-refractivity contribution in [3.63, 3.8) is 0 Å². The number of rotatable bonds is 4. The van der Waals surface area contributed by atoms with Gasteiger partial charge in [0.25, 0.3) is 0 Å². The monoisotopic (exact) mass is 347 g/mol. The molecule has 1 aliphatic heterocycles. The van der Waals surface area contributed by atoms with Gasteiger partial charge >= 0.3 is 6.18 Å². The molecule has 0 aromatic carbocycles. The molecule has 3 heterocycles. The fourth-order valence-electron chi connectivity index (χ4n) is 2.35. The molecule has 0 radical (unpaired) electrons. The van der Waals surface area contributed by atoms with Crippen molar-refractivity contribution in [1.82, 2.24) is 24.9 Å². The Bertz CT molecular complexity index is 656. The highest BCUT2D eigenvalue weighted by Gasteiger charge is 2.33. The summed E-state index contributed by atoms with van der Waals surface area (Å²) in [5, 5.41) is 9.42. The lowest BCUT2D eigenvalue weighted by atomic mass is 10.2. The summed E-state index contributed by atoms with van der Waals surface area (Å²) in [4.78, 5) is 5.83. The minimum atomic E-state index is -4.41. The first-order valence-corrected chi connectivity index (χ1v) is 8.02. The van der Waals surface area contributed by atoms with Gasteiger partial charge in [0.05, 0.1) is 31.6 Å². The summed E-state index contributed by atoms with van der Waals surface area (Å²) in [6, 6.07) is 0.308. The second-order valence-electron chi connectivity index (χ2n) is 5.43. The van der Waals surface area contributed by atoms with E-state index in [0.29, 0.717) is 30.8 Å². The van der Waals surface area contributed by atoms with Crippen LogP contribution in [0.3, 0.4) is 0 Å². The third-order valence-electron chi connectivity index (χ3n) is 3.60. The van der Waals surface area contributed by atoms with Gasteiger partial charge in [0.2, 0.25) is 0 Å². The summed E-state index contributed by atoms with van der Waals surface area (Å²) >= 11 is 0.970. The van der Waals surface area contributed by atoms with Gasteiger partial charge in [-0.15, -0.1) is 16.4 Å². The van der Waals surface area contributed by atoms with Gasteiger partial charge < -0.3 is 4.74 Å². The smallest absolute Gasteiger partial charge is 0.379 e. The number of hydrogen-bond donors (Lipinski definition) is 0. The lowest BCUT2D eigenvalue weighted by molar-refractivity contribution is -0.140. The van der Waals surface area contributed by atoms with Crippen molar-refractivity contribution in [2.24, 2.45) is 0 Å². The van der Waals surface area contributed by atoms with Crippen LogP contribution < -0.4 is 0 Å². The molecule has 1 atom stereocenters. The van der Waals surface area contributed by atoms with Crippen molar-refractivity contribution >= 4 is 11.3 Å². The third-order valence-corrected chi connectivity index (χ3v) is 4.43. The molecule has 1 saturated heterocycles. The SMILES string of the molecule is C[C@@H]1COCCN1Cc1cn(Cc2nc(C(F)(F)F)cs2)nn1. The third kappa shape index (κ3) is 4.06. The van der Waals surface area contributed by atoms with Crippen LogP contribution in [0.15, 0.2) is 11.6 Å². The van der Waals surface area contributed by atoms with Gasteiger partial charge in [-0.25, -0.2) is 9.67 Å². The maximum atomic E-state index is 12.5. The van der Waals surface area contributed by atoms with E-state index in [1.54, 1.807) is 6.20 Å². The Hall–Kier alpha value is -1.52. The van der Waals surface area contributed by atoms with E-state index in [2.05, 4.69) is 27.1 Å². The van der Waals surface area contributed by atoms with Gasteiger partial charge in [0, 0.05) is 24.5 Å². The Morgan fingerprint density at radius 3 is 2.91 bits per heavy atom. The summed E-state index contributed by atoms with van der Waals surface area (Å²) < 4.78 is 44.5. The highest BCUT2D eigenvalue weighted by Crippen LogP contribution is 2.30. The molecule has 2 aromatic heterocycles. The van der Waals surface area contributed by atoms with E-state index >= 15 is 0 Å². The van der Waals surface area contributed by atoms with Crippen LogP contribution in [-0.4, -0.2) is 50.7 Å². The predicted molar refractivity (Wildman–Crippen MR) is 76.9 cm³/mol. The van der Waals surface area contributed by atoms with Crippen molar-refractivity contribution in [2.75, 3.05) is 19.8 Å². The maximum absolute atomic E-state index is 12.5. The first-order valence-electron chi connectivity index (χ1n) is 7.14. The van der Waals surface area contributed by atoms with Crippen LogP contribution in [-0.2, 0) is 24.0 Å². The Labute approximate surface area is 134 Å². The summed E-state index contributed by atoms with van der Waals surface area (Å²) in [6.07, 6.45) is -2.66. The molecule has 23 heavy (non-hydrogen) atoms. The molecule has 0 N–H and O–H groups in total. The topological polar surface area (TPSA) is 56.1 Å². The lowest BCUT2D eigenvalue weighted by Gasteiger charge is -2.32. The maximum Gasteiger partial charge on any atom is 0.434 e. The van der Waals surface area contributed by atoms with Crippen LogP contribution in [0.5, 0.6) is 0 Å². The van der Waals surface area contributed by atoms with Crippen molar-refractivity contribution in [2.45, 2.75) is 32.2 Å². The molecule has 2 aromatic rings. The Balaban J connectivity index is 1.62. The van der Waals surface area contributed by atoms with Crippen molar-refractivity contribution in [1.29, 1.82) is 0 Å². The Morgan fingerprint density at radius 2 is 2.22 bits per heavy atom. The number of hydrogen-bond acceptors (Lipinski definition) is 6. The standard InChI is InChI=1S/C13H16F3N5OS/c1-9-7-22-3-2-20(9)4-10-5-21(19-18-10)6-12-17-11(8-23-12)13(14,15)16/h5,8-9H,2-4,6-7H2,1H3/t9-/m1/s1. The molecule has 0 saturated carbocycles. The molecular formula is C13H16F3N5OS. The molecular weight excluding hydrogens is 331 g/mol. The summed E-state index contributed by atoms with van der Waals surface area (Å²) in [7, 11) is 0. The van der Waals surface area contributed by atoms with Gasteiger partial charge in [-0.1, -0.05) is 5.21 Å². The molecule has 0 bridgehead atoms. The first-order chi connectivity index (χ1) is 10.9. The van der Waals surface area contributed by atoms with Gasteiger partial charge in [0.15, 0.2) is 5.69 Å². The van der Waals surface area contributed by atoms with Crippen LogP contribution in [0, 0.1) is 0 Å². The molecule has 126 valence electrons. The van der Waals surface area contributed by atoms with E-state index in [1.807, 2.05) is 0 Å². The fraction of sp³-hybridized carbons (Fsp3) is 0.615. The summed E-state index contributed by atoms with van der Waals surface area (Å²) in [5.74, 6) is 0. The number of aromatic nitrogens is 4. The van der Waals surface area contributed by atoms with E-state index in [4.69, 9.17) is 4.74 Å². The number of morpholine rings is 1. The number of alkyl halides is 3. The van der Waals surface area contributed by atoms with Gasteiger partial charge in [0.1, 0.15) is 5.01 Å². The second-order valence-corrected chi connectivity index (χ2v) is 6.37. The molecule has 1 fully saturated rings. The molecule has 0 amide bonds. The highest BCUT2D eigenvalue weighted by atomic mass is 32.1. The average molecular weight is 347 g/mol. The van der Waals surface area contributed by atoms with Crippen LogP contribution >= 0.6 is 11.3 Å². The van der Waals surface area contributed by atoms with E-state index < -0.39 is 11.9 Å². The average Bonchev–Trinajstić information content (AvgIpc) is 3.11. The molecule has 0 spiro atoms. The normalized spacial score (nSPS) is 20.1. The van der Waals surface area contributed by atoms with Crippen LogP contribution in [0.2, 0.25) is 0 Å². The fourth-order valence-corrected chi connectivity index (χ4v) is 3.14. The first kappa shape index (κ1) is 16.3. The predicted octanol–water partition coefficient (Wildman–Crippen LogP) is 2.02.